The first-order valence-corrected chi connectivity index (χ1v) is 3.41. The van der Waals surface area contributed by atoms with E-state index >= 15 is 0 Å². The summed E-state index contributed by atoms with van der Waals surface area (Å²) in [5, 5.41) is 0. The van der Waals surface area contributed by atoms with E-state index in [4.69, 9.17) is 5.84 Å². The molecule has 0 rings (SSSR count). The number of nitrogens with two attached hydrogens (primary N) is 1. The van der Waals surface area contributed by atoms with Gasteiger partial charge in [-0.05, 0) is 5.92 Å². The van der Waals surface area contributed by atoms with E-state index in [0.717, 1.165) is 6.54 Å². The molecule has 0 heterocycles. The molecular weight excluding hydrogens is 112 g/mol. The van der Waals surface area contributed by atoms with Crippen LogP contribution >= 0.6 is 0 Å². The maximum Gasteiger partial charge on any atom is 0.0278 e. The van der Waals surface area contributed by atoms with E-state index < -0.39 is 0 Å². The van der Waals surface area contributed by atoms with Crippen molar-refractivity contribution >= 4 is 0 Å². The molecule has 0 aromatic rings. The van der Waals surface area contributed by atoms with Crippen molar-refractivity contribution in [3.05, 3.63) is 12.2 Å². The van der Waals surface area contributed by atoms with Crippen molar-refractivity contribution in [1.29, 1.82) is 0 Å². The second-order valence-electron chi connectivity index (χ2n) is 2.22. The highest BCUT2D eigenvalue weighted by atomic mass is 15.2. The zero-order chi connectivity index (χ0) is 7.11. The van der Waals surface area contributed by atoms with Crippen LogP contribution in [-0.4, -0.2) is 6.54 Å². The third-order valence-corrected chi connectivity index (χ3v) is 1.34. The highest BCUT2D eigenvalue weighted by Gasteiger charge is 1.87. The van der Waals surface area contributed by atoms with Crippen molar-refractivity contribution in [1.82, 2.24) is 5.43 Å². The fourth-order valence-corrected chi connectivity index (χ4v) is 0.504. The fourth-order valence-electron chi connectivity index (χ4n) is 0.504. The molecule has 0 aromatic carbocycles. The van der Waals surface area contributed by atoms with E-state index in [2.05, 4.69) is 25.3 Å². The van der Waals surface area contributed by atoms with Crippen LogP contribution in [-0.2, 0) is 0 Å². The molecule has 0 amide bonds. The number of rotatable bonds is 4. The average molecular weight is 128 g/mol. The van der Waals surface area contributed by atoms with E-state index in [1.165, 1.54) is 6.42 Å². The van der Waals surface area contributed by atoms with E-state index in [0.29, 0.717) is 5.92 Å². The highest BCUT2D eigenvalue weighted by Crippen LogP contribution is 2.00. The van der Waals surface area contributed by atoms with E-state index in [1.54, 1.807) is 0 Å². The standard InChI is InChI=1S/C7H16N2/c1-3-7(2)5-4-6-9-8/h4-5,7,9H,3,6,8H2,1-2H3. The number of hydrogen-bond donors (Lipinski definition) is 2. The Morgan fingerprint density at radius 1 is 1.67 bits per heavy atom. The molecule has 0 aliphatic rings. The molecule has 0 bridgehead atoms. The summed E-state index contributed by atoms with van der Waals surface area (Å²) in [7, 11) is 0. The van der Waals surface area contributed by atoms with Crippen molar-refractivity contribution in [2.45, 2.75) is 20.3 Å². The van der Waals surface area contributed by atoms with E-state index in [9.17, 15) is 0 Å². The second kappa shape index (κ2) is 5.79. The molecule has 1 atom stereocenters. The Bertz CT molecular complexity index is 79.0. The minimum atomic E-state index is 0.679. The minimum Gasteiger partial charge on any atom is -0.271 e. The Morgan fingerprint density at radius 3 is 2.78 bits per heavy atom. The lowest BCUT2D eigenvalue weighted by Gasteiger charge is -1.98. The van der Waals surface area contributed by atoms with E-state index in [1.807, 2.05) is 6.08 Å². The molecule has 0 fully saturated rings. The summed E-state index contributed by atoms with van der Waals surface area (Å²) >= 11 is 0. The number of nitrogens with one attached hydrogen (secondary N) is 1. The SMILES string of the molecule is CCC(C)C=CCNN. The number of hydrazine groups is 1. The molecule has 0 saturated carbocycles. The molecule has 0 aliphatic heterocycles. The topological polar surface area (TPSA) is 38.0 Å². The summed E-state index contributed by atoms with van der Waals surface area (Å²) in [5.41, 5.74) is 2.56. The van der Waals surface area contributed by atoms with Gasteiger partial charge in [0, 0.05) is 6.54 Å². The summed E-state index contributed by atoms with van der Waals surface area (Å²) in [6.45, 7) is 5.13. The Kier molecular flexibility index (Phi) is 5.57. The molecule has 54 valence electrons. The Balaban J connectivity index is 3.20. The summed E-state index contributed by atoms with van der Waals surface area (Å²) < 4.78 is 0. The maximum atomic E-state index is 5.05. The van der Waals surface area contributed by atoms with Gasteiger partial charge < -0.3 is 0 Å². The van der Waals surface area contributed by atoms with Crippen LogP contribution in [0.2, 0.25) is 0 Å². The molecule has 0 aromatic heterocycles. The van der Waals surface area contributed by atoms with Crippen molar-refractivity contribution < 1.29 is 0 Å². The summed E-state index contributed by atoms with van der Waals surface area (Å²) in [6, 6.07) is 0. The summed E-state index contributed by atoms with van der Waals surface area (Å²) in [5.74, 6) is 5.73. The molecule has 1 unspecified atom stereocenters. The van der Waals surface area contributed by atoms with Gasteiger partial charge in [-0.3, -0.25) is 11.3 Å². The van der Waals surface area contributed by atoms with Crippen molar-refractivity contribution in [2.75, 3.05) is 6.54 Å². The molecule has 0 aliphatic carbocycles. The van der Waals surface area contributed by atoms with Gasteiger partial charge in [-0.1, -0.05) is 32.4 Å². The Labute approximate surface area is 57.1 Å². The van der Waals surface area contributed by atoms with Gasteiger partial charge in [-0.25, -0.2) is 0 Å². The quantitative estimate of drug-likeness (QED) is 0.337. The second-order valence-corrected chi connectivity index (χ2v) is 2.22. The lowest BCUT2D eigenvalue weighted by molar-refractivity contribution is 0.692. The minimum absolute atomic E-state index is 0.679. The van der Waals surface area contributed by atoms with Gasteiger partial charge in [0.05, 0.1) is 0 Å². The number of allylic oxidation sites excluding steroid dienone is 1. The summed E-state index contributed by atoms with van der Waals surface area (Å²) in [6.07, 6.45) is 5.41. The molecule has 0 spiro atoms. The molecule has 0 saturated heterocycles. The molecule has 9 heavy (non-hydrogen) atoms. The maximum absolute atomic E-state index is 5.05. The van der Waals surface area contributed by atoms with Crippen LogP contribution in [0.4, 0.5) is 0 Å². The molecular formula is C7H16N2. The first kappa shape index (κ1) is 8.66. The van der Waals surface area contributed by atoms with Crippen molar-refractivity contribution in [2.24, 2.45) is 11.8 Å². The van der Waals surface area contributed by atoms with E-state index in [-0.39, 0.29) is 0 Å². The zero-order valence-corrected chi connectivity index (χ0v) is 6.22. The van der Waals surface area contributed by atoms with Gasteiger partial charge in [0.2, 0.25) is 0 Å². The fraction of sp³-hybridized carbons (Fsp3) is 0.714. The van der Waals surface area contributed by atoms with Gasteiger partial charge in [-0.2, -0.15) is 0 Å². The monoisotopic (exact) mass is 128 g/mol. The molecule has 3 N–H and O–H groups in total. The smallest absolute Gasteiger partial charge is 0.0278 e. The third kappa shape index (κ3) is 5.53. The van der Waals surface area contributed by atoms with Crippen LogP contribution in [0.1, 0.15) is 20.3 Å². The van der Waals surface area contributed by atoms with Crippen LogP contribution < -0.4 is 11.3 Å². The van der Waals surface area contributed by atoms with Crippen LogP contribution in [0.5, 0.6) is 0 Å². The number of hydrogen-bond acceptors (Lipinski definition) is 2. The van der Waals surface area contributed by atoms with Crippen LogP contribution in [0.25, 0.3) is 0 Å². The van der Waals surface area contributed by atoms with Crippen molar-refractivity contribution in [3.8, 4) is 0 Å². The Hall–Kier alpha value is -0.340. The average Bonchev–Trinajstić information content (AvgIpc) is 1.89. The lowest BCUT2D eigenvalue weighted by Crippen LogP contribution is -2.21. The third-order valence-electron chi connectivity index (χ3n) is 1.34. The van der Waals surface area contributed by atoms with Crippen LogP contribution in [0.15, 0.2) is 12.2 Å². The Morgan fingerprint density at radius 2 is 2.33 bits per heavy atom. The first-order valence-electron chi connectivity index (χ1n) is 3.41. The lowest BCUT2D eigenvalue weighted by atomic mass is 10.1. The van der Waals surface area contributed by atoms with Crippen LogP contribution in [0.3, 0.4) is 0 Å². The molecule has 2 nitrogen and oxygen atoms in total. The largest absolute Gasteiger partial charge is 0.271 e. The van der Waals surface area contributed by atoms with Gasteiger partial charge >= 0.3 is 0 Å². The highest BCUT2D eigenvalue weighted by molar-refractivity contribution is 4.86. The normalized spacial score (nSPS) is 14.6. The molecule has 2 heteroatoms. The molecule has 0 radical (unpaired) electrons. The summed E-state index contributed by atoms with van der Waals surface area (Å²) in [4.78, 5) is 0. The zero-order valence-electron chi connectivity index (χ0n) is 6.22. The predicted molar refractivity (Wildman–Crippen MR) is 40.8 cm³/mol. The predicted octanol–water partition coefficient (Wildman–Crippen LogP) is 1.05. The first-order chi connectivity index (χ1) is 4.31. The van der Waals surface area contributed by atoms with Gasteiger partial charge in [-0.15, -0.1) is 0 Å². The van der Waals surface area contributed by atoms with Gasteiger partial charge in [0.1, 0.15) is 0 Å². The van der Waals surface area contributed by atoms with Crippen molar-refractivity contribution in [3.63, 3.8) is 0 Å². The van der Waals surface area contributed by atoms with Gasteiger partial charge in [0.15, 0.2) is 0 Å². The van der Waals surface area contributed by atoms with Gasteiger partial charge in [0.25, 0.3) is 0 Å². The van der Waals surface area contributed by atoms with Crippen LogP contribution in [0, 0.1) is 5.92 Å².